The molecule has 0 fully saturated rings. The van der Waals surface area contributed by atoms with Crippen LogP contribution in [0.3, 0.4) is 0 Å². The molecule has 0 aliphatic rings. The van der Waals surface area contributed by atoms with Gasteiger partial charge in [-0.2, -0.15) is 5.10 Å². The van der Waals surface area contributed by atoms with Crippen LogP contribution >= 0.6 is 11.3 Å². The Bertz CT molecular complexity index is 1460. The van der Waals surface area contributed by atoms with E-state index in [9.17, 15) is 9.59 Å². The van der Waals surface area contributed by atoms with E-state index in [4.69, 9.17) is 0 Å². The highest BCUT2D eigenvalue weighted by molar-refractivity contribution is 7.15. The third-order valence-electron chi connectivity index (χ3n) is 4.54. The van der Waals surface area contributed by atoms with E-state index in [0.29, 0.717) is 20.8 Å². The molecule has 0 aliphatic heterocycles. The molecule has 0 unspecified atom stereocenters. The van der Waals surface area contributed by atoms with Gasteiger partial charge in [0.1, 0.15) is 5.69 Å². The van der Waals surface area contributed by atoms with Crippen LogP contribution in [0.15, 0.2) is 65.6 Å². The first kappa shape index (κ1) is 16.6. The largest absolute Gasteiger partial charge is 0.274 e. The Morgan fingerprint density at radius 2 is 1.82 bits per heavy atom. The Kier molecular flexibility index (Phi) is 3.70. The fourth-order valence-corrected chi connectivity index (χ4v) is 4.21. The highest BCUT2D eigenvalue weighted by Gasteiger charge is 2.14. The standard InChI is InChI=1S/C21H14N4O2S/c1-13(26)24-12-15(19(23-24)14-7-3-2-4-8-14)11-18-20(27)25-17-10-6-5-9-16(17)22-21(25)28-18/h2-12H,1H3/b18-11+. The number of carbonyl (C=O) groups excluding carboxylic acids is 1. The molecular formula is C21H14N4O2S. The lowest BCUT2D eigenvalue weighted by Gasteiger charge is -1.97. The normalized spacial score (nSPS) is 12.2. The van der Waals surface area contributed by atoms with Gasteiger partial charge in [0, 0.05) is 24.2 Å². The Morgan fingerprint density at radius 3 is 2.61 bits per heavy atom. The van der Waals surface area contributed by atoms with Crippen molar-refractivity contribution < 1.29 is 4.79 Å². The second kappa shape index (κ2) is 6.24. The van der Waals surface area contributed by atoms with Gasteiger partial charge in [0.05, 0.1) is 15.6 Å². The number of fused-ring (bicyclic) bond motifs is 3. The summed E-state index contributed by atoms with van der Waals surface area (Å²) < 4.78 is 3.48. The lowest BCUT2D eigenvalue weighted by atomic mass is 10.1. The van der Waals surface area contributed by atoms with Gasteiger partial charge in [-0.15, -0.1) is 0 Å². The van der Waals surface area contributed by atoms with E-state index < -0.39 is 0 Å². The molecule has 0 atom stereocenters. The summed E-state index contributed by atoms with van der Waals surface area (Å²) in [6.07, 6.45) is 3.44. The summed E-state index contributed by atoms with van der Waals surface area (Å²) in [7, 11) is 0. The summed E-state index contributed by atoms with van der Waals surface area (Å²) in [5.74, 6) is -0.189. The zero-order valence-corrected chi connectivity index (χ0v) is 15.7. The fourth-order valence-electron chi connectivity index (χ4n) is 3.23. The maximum atomic E-state index is 13.0. The van der Waals surface area contributed by atoms with E-state index >= 15 is 0 Å². The lowest BCUT2D eigenvalue weighted by Crippen LogP contribution is -2.22. The number of benzene rings is 2. The molecule has 3 aromatic heterocycles. The molecule has 7 heteroatoms. The van der Waals surface area contributed by atoms with E-state index in [1.807, 2.05) is 54.6 Å². The van der Waals surface area contributed by atoms with Gasteiger partial charge in [0.25, 0.3) is 5.56 Å². The van der Waals surface area contributed by atoms with E-state index in [1.165, 1.54) is 22.9 Å². The van der Waals surface area contributed by atoms with Crippen molar-refractivity contribution in [3.63, 3.8) is 0 Å². The summed E-state index contributed by atoms with van der Waals surface area (Å²) in [6.45, 7) is 1.45. The average Bonchev–Trinajstić information content (AvgIpc) is 3.36. The minimum Gasteiger partial charge on any atom is -0.273 e. The predicted molar refractivity (Wildman–Crippen MR) is 110 cm³/mol. The zero-order chi connectivity index (χ0) is 19.3. The molecule has 5 rings (SSSR count). The topological polar surface area (TPSA) is 69.3 Å². The molecule has 0 radical (unpaired) electrons. The predicted octanol–water partition coefficient (Wildman–Crippen LogP) is 2.98. The molecule has 136 valence electrons. The quantitative estimate of drug-likeness (QED) is 0.468. The van der Waals surface area contributed by atoms with Crippen molar-refractivity contribution in [3.05, 3.63) is 81.2 Å². The summed E-state index contributed by atoms with van der Waals surface area (Å²) >= 11 is 1.33. The molecule has 3 heterocycles. The van der Waals surface area contributed by atoms with Crippen LogP contribution in [0.4, 0.5) is 0 Å². The van der Waals surface area contributed by atoms with E-state index in [1.54, 1.807) is 16.7 Å². The van der Waals surface area contributed by atoms with Crippen LogP contribution in [0.25, 0.3) is 33.3 Å². The van der Waals surface area contributed by atoms with E-state index in [-0.39, 0.29) is 11.5 Å². The molecule has 0 bridgehead atoms. The lowest BCUT2D eigenvalue weighted by molar-refractivity contribution is 0.0921. The molecule has 0 saturated heterocycles. The molecule has 0 amide bonds. The van der Waals surface area contributed by atoms with Crippen LogP contribution in [-0.2, 0) is 0 Å². The van der Waals surface area contributed by atoms with Crippen LogP contribution < -0.4 is 10.1 Å². The molecule has 2 aromatic carbocycles. The van der Waals surface area contributed by atoms with Crippen LogP contribution in [0.1, 0.15) is 17.3 Å². The van der Waals surface area contributed by atoms with Gasteiger partial charge >= 0.3 is 0 Å². The second-order valence-electron chi connectivity index (χ2n) is 6.40. The first-order chi connectivity index (χ1) is 13.6. The van der Waals surface area contributed by atoms with Gasteiger partial charge in [-0.25, -0.2) is 14.1 Å². The van der Waals surface area contributed by atoms with E-state index in [0.717, 1.165) is 16.6 Å². The molecule has 28 heavy (non-hydrogen) atoms. The SMILES string of the molecule is CC(=O)n1cc(/C=c2/sc3nc4ccccc4n3c2=O)c(-c2ccccc2)n1. The zero-order valence-electron chi connectivity index (χ0n) is 14.9. The van der Waals surface area contributed by atoms with Gasteiger partial charge in [-0.3, -0.25) is 9.59 Å². The van der Waals surface area contributed by atoms with Gasteiger partial charge < -0.3 is 0 Å². The summed E-state index contributed by atoms with van der Waals surface area (Å²) in [5, 5.41) is 4.41. The minimum atomic E-state index is -0.189. The summed E-state index contributed by atoms with van der Waals surface area (Å²) in [5.41, 5.74) is 3.72. The Balaban J connectivity index is 1.76. The molecule has 0 spiro atoms. The highest BCUT2D eigenvalue weighted by Crippen LogP contribution is 2.23. The maximum Gasteiger partial charge on any atom is 0.274 e. The van der Waals surface area contributed by atoms with Crippen LogP contribution in [0.2, 0.25) is 0 Å². The number of imidazole rings is 1. The summed E-state index contributed by atoms with van der Waals surface area (Å²) in [4.78, 5) is 30.0. The second-order valence-corrected chi connectivity index (χ2v) is 7.41. The number of hydrogen-bond acceptors (Lipinski definition) is 5. The number of carbonyl (C=O) groups is 1. The minimum absolute atomic E-state index is 0.122. The van der Waals surface area contributed by atoms with Crippen molar-refractivity contribution in [2.45, 2.75) is 6.92 Å². The van der Waals surface area contributed by atoms with Crippen LogP contribution in [0.5, 0.6) is 0 Å². The smallest absolute Gasteiger partial charge is 0.273 e. The summed E-state index contributed by atoms with van der Waals surface area (Å²) in [6, 6.07) is 17.2. The van der Waals surface area contributed by atoms with Crippen molar-refractivity contribution >= 4 is 39.3 Å². The Morgan fingerprint density at radius 1 is 1.07 bits per heavy atom. The number of para-hydroxylation sites is 2. The van der Waals surface area contributed by atoms with Crippen LogP contribution in [0, 0.1) is 0 Å². The molecule has 6 nitrogen and oxygen atoms in total. The third-order valence-corrected chi connectivity index (χ3v) is 5.51. The molecule has 0 N–H and O–H groups in total. The average molecular weight is 386 g/mol. The molecule has 5 aromatic rings. The van der Waals surface area contributed by atoms with Crippen molar-refractivity contribution in [1.29, 1.82) is 0 Å². The number of aromatic nitrogens is 4. The monoisotopic (exact) mass is 386 g/mol. The van der Waals surface area contributed by atoms with Crippen molar-refractivity contribution in [3.8, 4) is 11.3 Å². The number of thiazole rings is 1. The first-order valence-corrected chi connectivity index (χ1v) is 9.51. The fraction of sp³-hybridized carbons (Fsp3) is 0.0476. The first-order valence-electron chi connectivity index (χ1n) is 8.69. The maximum absolute atomic E-state index is 13.0. The van der Waals surface area contributed by atoms with Gasteiger partial charge in [-0.05, 0) is 18.2 Å². The number of rotatable bonds is 2. The van der Waals surface area contributed by atoms with Gasteiger partial charge in [0.15, 0.2) is 4.96 Å². The van der Waals surface area contributed by atoms with Crippen molar-refractivity contribution in [2.24, 2.45) is 0 Å². The van der Waals surface area contributed by atoms with E-state index in [2.05, 4.69) is 10.1 Å². The van der Waals surface area contributed by atoms with Crippen molar-refractivity contribution in [1.82, 2.24) is 19.2 Å². The van der Waals surface area contributed by atoms with Crippen molar-refractivity contribution in [2.75, 3.05) is 0 Å². The highest BCUT2D eigenvalue weighted by atomic mass is 32.1. The third kappa shape index (κ3) is 2.56. The number of nitrogens with zero attached hydrogens (tertiary/aromatic N) is 4. The number of hydrogen-bond donors (Lipinski definition) is 0. The molecule has 0 saturated carbocycles. The molecule has 0 aliphatic carbocycles. The molecular weight excluding hydrogens is 372 g/mol. The van der Waals surface area contributed by atoms with Gasteiger partial charge in [0.2, 0.25) is 5.91 Å². The van der Waals surface area contributed by atoms with Crippen LogP contribution in [-0.4, -0.2) is 25.1 Å². The Labute approximate surface area is 163 Å². The van der Waals surface area contributed by atoms with Gasteiger partial charge in [-0.1, -0.05) is 53.8 Å². The Hall–Kier alpha value is -3.58.